The van der Waals surface area contributed by atoms with Gasteiger partial charge in [0.2, 0.25) is 0 Å². The first-order valence-corrected chi connectivity index (χ1v) is 7.89. The van der Waals surface area contributed by atoms with Crippen LogP contribution in [0.5, 0.6) is 0 Å². The first-order valence-electron chi connectivity index (χ1n) is 7.51. The van der Waals surface area contributed by atoms with Crippen LogP contribution in [0.25, 0.3) is 0 Å². The van der Waals surface area contributed by atoms with E-state index in [1.165, 1.54) is 17.8 Å². The molecule has 1 aromatic heterocycles. The number of H-pyrrole nitrogens is 1. The quantitative estimate of drug-likeness (QED) is 0.845. The van der Waals surface area contributed by atoms with Gasteiger partial charge in [-0.3, -0.25) is 4.79 Å². The minimum Gasteiger partial charge on any atom is -0.451 e. The Kier molecular flexibility index (Phi) is 4.67. The second kappa shape index (κ2) is 6.87. The number of rotatable bonds is 4. The van der Waals surface area contributed by atoms with Gasteiger partial charge in [-0.1, -0.05) is 35.9 Å². The molecule has 3 rings (SSSR count). The topological polar surface area (TPSA) is 71.2 Å². The van der Waals surface area contributed by atoms with Gasteiger partial charge >= 0.3 is 5.97 Å². The number of aromatic amines is 1. The lowest BCUT2D eigenvalue weighted by Gasteiger charge is -2.26. The summed E-state index contributed by atoms with van der Waals surface area (Å²) in [6.45, 7) is -0.311. The van der Waals surface area contributed by atoms with Gasteiger partial charge in [-0.25, -0.2) is 4.79 Å². The fourth-order valence-electron chi connectivity index (χ4n) is 2.83. The van der Waals surface area contributed by atoms with E-state index in [4.69, 9.17) is 16.3 Å². The smallest absolute Gasteiger partial charge is 0.355 e. The summed E-state index contributed by atoms with van der Waals surface area (Å²) in [5.74, 6) is -0.909. The molecule has 1 aromatic carbocycles. The molecule has 1 aliphatic carbocycles. The highest BCUT2D eigenvalue weighted by atomic mass is 35.5. The van der Waals surface area contributed by atoms with Crippen LogP contribution in [-0.2, 0) is 16.0 Å². The Labute approximate surface area is 139 Å². The summed E-state index contributed by atoms with van der Waals surface area (Å²) in [6, 6.07) is 9.53. The summed E-state index contributed by atoms with van der Waals surface area (Å²) in [5, 5.41) is 3.35. The van der Waals surface area contributed by atoms with E-state index < -0.39 is 5.97 Å². The van der Waals surface area contributed by atoms with Crippen LogP contribution < -0.4 is 5.32 Å². The van der Waals surface area contributed by atoms with Crippen molar-refractivity contribution in [2.75, 3.05) is 6.61 Å². The number of benzene rings is 1. The Morgan fingerprint density at radius 1 is 1.35 bits per heavy atom. The predicted octanol–water partition coefficient (Wildman–Crippen LogP) is 3.02. The minimum atomic E-state index is -0.601. The van der Waals surface area contributed by atoms with Crippen molar-refractivity contribution in [1.82, 2.24) is 10.3 Å². The number of fused-ring (bicyclic) bond motifs is 1. The molecule has 0 aliphatic heterocycles. The van der Waals surface area contributed by atoms with Crippen molar-refractivity contribution in [3.63, 3.8) is 0 Å². The summed E-state index contributed by atoms with van der Waals surface area (Å²) < 4.78 is 4.99. The van der Waals surface area contributed by atoms with Crippen LogP contribution in [0.1, 0.15) is 40.5 Å². The Balaban J connectivity index is 1.55. The zero-order valence-electron chi connectivity index (χ0n) is 12.5. The first-order chi connectivity index (χ1) is 11.1. The number of nitrogens with one attached hydrogen (secondary N) is 2. The number of carbonyl (C=O) groups excluding carboxylic acids is 2. The lowest BCUT2D eigenvalue weighted by molar-refractivity contribution is -0.125. The number of carbonyl (C=O) groups is 2. The lowest BCUT2D eigenvalue weighted by atomic mass is 9.88. The summed E-state index contributed by atoms with van der Waals surface area (Å²) >= 11 is 5.73. The molecule has 1 heterocycles. The third kappa shape index (κ3) is 3.74. The minimum absolute atomic E-state index is 0.0221. The third-order valence-electron chi connectivity index (χ3n) is 3.91. The van der Waals surface area contributed by atoms with Crippen LogP contribution in [0.2, 0.25) is 5.02 Å². The Morgan fingerprint density at radius 2 is 2.17 bits per heavy atom. The molecule has 0 saturated carbocycles. The molecular weight excluding hydrogens is 316 g/mol. The van der Waals surface area contributed by atoms with Gasteiger partial charge in [0, 0.05) is 6.20 Å². The zero-order chi connectivity index (χ0) is 16.2. The van der Waals surface area contributed by atoms with Gasteiger partial charge in [-0.05, 0) is 36.5 Å². The molecule has 0 spiro atoms. The molecule has 2 N–H and O–H groups in total. The molecule has 0 radical (unpaired) electrons. The van der Waals surface area contributed by atoms with E-state index in [1.807, 2.05) is 18.2 Å². The van der Waals surface area contributed by atoms with Crippen LogP contribution in [0, 0.1) is 0 Å². The van der Waals surface area contributed by atoms with Gasteiger partial charge < -0.3 is 15.0 Å². The van der Waals surface area contributed by atoms with Crippen LogP contribution in [0.4, 0.5) is 0 Å². The monoisotopic (exact) mass is 332 g/mol. The van der Waals surface area contributed by atoms with Crippen molar-refractivity contribution in [3.8, 4) is 0 Å². The number of halogens is 1. The van der Waals surface area contributed by atoms with Crippen LogP contribution in [0.15, 0.2) is 36.5 Å². The summed E-state index contributed by atoms with van der Waals surface area (Å²) in [6.07, 6.45) is 4.44. The van der Waals surface area contributed by atoms with Crippen molar-refractivity contribution in [1.29, 1.82) is 0 Å². The normalized spacial score (nSPS) is 16.5. The average Bonchev–Trinajstić information content (AvgIpc) is 2.99. The van der Waals surface area contributed by atoms with E-state index >= 15 is 0 Å². The molecule has 120 valence electrons. The Morgan fingerprint density at radius 3 is 2.96 bits per heavy atom. The average molecular weight is 333 g/mol. The van der Waals surface area contributed by atoms with Crippen LogP contribution >= 0.6 is 11.6 Å². The van der Waals surface area contributed by atoms with Crippen molar-refractivity contribution < 1.29 is 14.3 Å². The molecule has 1 amide bonds. The SMILES string of the molecule is O=C(COC(=O)c1cc(Cl)c[nH]1)NC1CCCc2ccccc21. The molecule has 2 aromatic rings. The maximum atomic E-state index is 12.0. The maximum absolute atomic E-state index is 12.0. The fraction of sp³-hybridized carbons (Fsp3) is 0.294. The lowest BCUT2D eigenvalue weighted by Crippen LogP contribution is -2.34. The van der Waals surface area contributed by atoms with Gasteiger partial charge in [0.05, 0.1) is 11.1 Å². The highest BCUT2D eigenvalue weighted by Gasteiger charge is 2.22. The number of ether oxygens (including phenoxy) is 1. The highest BCUT2D eigenvalue weighted by Crippen LogP contribution is 2.29. The number of hydrogen-bond acceptors (Lipinski definition) is 3. The van der Waals surface area contributed by atoms with Gasteiger partial charge in [-0.15, -0.1) is 0 Å². The van der Waals surface area contributed by atoms with Crippen LogP contribution in [0.3, 0.4) is 0 Å². The van der Waals surface area contributed by atoms with E-state index in [0.29, 0.717) is 5.02 Å². The third-order valence-corrected chi connectivity index (χ3v) is 4.12. The standard InChI is InChI=1S/C17H17ClN2O3/c18-12-8-15(19-9-12)17(22)23-10-16(21)20-14-7-3-5-11-4-1-2-6-13(11)14/h1-2,4,6,8-9,14,19H,3,5,7,10H2,(H,20,21). The van der Waals surface area contributed by atoms with Gasteiger partial charge in [-0.2, -0.15) is 0 Å². The van der Waals surface area contributed by atoms with E-state index in [0.717, 1.165) is 24.8 Å². The van der Waals surface area contributed by atoms with Gasteiger partial charge in [0.15, 0.2) is 6.61 Å². The number of aryl methyl sites for hydroxylation is 1. The zero-order valence-corrected chi connectivity index (χ0v) is 13.2. The van der Waals surface area contributed by atoms with Crippen molar-refractivity contribution >= 4 is 23.5 Å². The van der Waals surface area contributed by atoms with E-state index in [2.05, 4.69) is 16.4 Å². The molecule has 0 bridgehead atoms. The number of hydrogen-bond donors (Lipinski definition) is 2. The second-order valence-corrected chi connectivity index (χ2v) is 5.96. The molecule has 23 heavy (non-hydrogen) atoms. The number of aromatic nitrogens is 1. The molecule has 5 nitrogen and oxygen atoms in total. The van der Waals surface area contributed by atoms with Crippen molar-refractivity contribution in [2.45, 2.75) is 25.3 Å². The summed E-state index contributed by atoms with van der Waals surface area (Å²) in [7, 11) is 0. The predicted molar refractivity (Wildman–Crippen MR) is 86.3 cm³/mol. The molecule has 6 heteroatoms. The van der Waals surface area contributed by atoms with Crippen molar-refractivity contribution in [3.05, 3.63) is 58.4 Å². The molecule has 0 fully saturated rings. The van der Waals surface area contributed by atoms with Crippen molar-refractivity contribution in [2.24, 2.45) is 0 Å². The van der Waals surface area contributed by atoms with E-state index in [1.54, 1.807) is 0 Å². The fourth-order valence-corrected chi connectivity index (χ4v) is 3.00. The first kappa shape index (κ1) is 15.6. The van der Waals surface area contributed by atoms with E-state index in [-0.39, 0.29) is 24.2 Å². The Hall–Kier alpha value is -2.27. The molecule has 1 unspecified atom stereocenters. The second-order valence-electron chi connectivity index (χ2n) is 5.52. The molecule has 1 atom stereocenters. The number of amides is 1. The maximum Gasteiger partial charge on any atom is 0.355 e. The Bertz CT molecular complexity index is 726. The highest BCUT2D eigenvalue weighted by molar-refractivity contribution is 6.30. The number of esters is 1. The van der Waals surface area contributed by atoms with Crippen LogP contribution in [-0.4, -0.2) is 23.5 Å². The summed E-state index contributed by atoms with van der Waals surface area (Å²) in [4.78, 5) is 26.5. The molecule has 1 aliphatic rings. The summed E-state index contributed by atoms with van der Waals surface area (Å²) in [5.41, 5.74) is 2.64. The largest absolute Gasteiger partial charge is 0.451 e. The van der Waals surface area contributed by atoms with Gasteiger partial charge in [0.1, 0.15) is 5.69 Å². The molecular formula is C17H17ClN2O3. The van der Waals surface area contributed by atoms with Gasteiger partial charge in [0.25, 0.3) is 5.91 Å². The van der Waals surface area contributed by atoms with E-state index in [9.17, 15) is 9.59 Å². The molecule has 0 saturated heterocycles.